The van der Waals surface area contributed by atoms with Gasteiger partial charge in [0, 0.05) is 36.1 Å². The van der Waals surface area contributed by atoms with E-state index in [1.165, 1.54) is 17.7 Å². The summed E-state index contributed by atoms with van der Waals surface area (Å²) in [4.78, 5) is 11.7. The molecule has 2 aliphatic heterocycles. The Morgan fingerprint density at radius 3 is 2.50 bits per heavy atom. The van der Waals surface area contributed by atoms with E-state index in [0.29, 0.717) is 45.1 Å². The van der Waals surface area contributed by atoms with E-state index in [1.54, 1.807) is 0 Å². The second-order valence-electron chi connectivity index (χ2n) is 11.9. The molecule has 1 fully saturated rings. The zero-order chi connectivity index (χ0) is 30.1. The molecular weight excluding hydrogens is 554 g/mol. The van der Waals surface area contributed by atoms with Gasteiger partial charge in [0.25, 0.3) is 0 Å². The van der Waals surface area contributed by atoms with E-state index >= 15 is 0 Å². The minimum Gasteiger partial charge on any atom is -0.493 e. The van der Waals surface area contributed by atoms with Gasteiger partial charge in [-0.3, -0.25) is 4.79 Å². The molecule has 8 nitrogen and oxygen atoms in total. The van der Waals surface area contributed by atoms with Crippen molar-refractivity contribution in [3.8, 4) is 28.4 Å². The number of carbonyl (C=O) groups excluding carboxylic acids is 1. The van der Waals surface area contributed by atoms with Crippen molar-refractivity contribution in [1.82, 2.24) is 4.31 Å². The molecule has 42 heavy (non-hydrogen) atoms. The molecule has 0 spiro atoms. The van der Waals surface area contributed by atoms with Crippen LogP contribution in [0.2, 0.25) is 0 Å². The van der Waals surface area contributed by atoms with E-state index in [1.807, 2.05) is 30.3 Å². The molecule has 2 unspecified atom stereocenters. The van der Waals surface area contributed by atoms with Gasteiger partial charge in [-0.05, 0) is 72.4 Å². The molecular formula is C33H39NO7S. The van der Waals surface area contributed by atoms with Gasteiger partial charge in [-0.15, -0.1) is 0 Å². The highest BCUT2D eigenvalue weighted by molar-refractivity contribution is 7.88. The molecule has 5 rings (SSSR count). The van der Waals surface area contributed by atoms with Gasteiger partial charge in [-0.1, -0.05) is 31.2 Å². The number of carbonyl (C=O) groups is 1. The fourth-order valence-electron chi connectivity index (χ4n) is 5.88. The Bertz CT molecular complexity index is 1560. The molecule has 0 aromatic heterocycles. The molecule has 2 atom stereocenters. The molecule has 224 valence electrons. The first kappa shape index (κ1) is 29.9. The Balaban J connectivity index is 1.23. The van der Waals surface area contributed by atoms with Crippen LogP contribution >= 0.6 is 0 Å². The summed E-state index contributed by atoms with van der Waals surface area (Å²) in [6.45, 7) is 8.58. The van der Waals surface area contributed by atoms with E-state index in [-0.39, 0.29) is 17.3 Å². The fourth-order valence-corrected chi connectivity index (χ4v) is 6.85. The number of aryl methyl sites for hydroxylation is 2. The van der Waals surface area contributed by atoms with Gasteiger partial charge >= 0.3 is 5.97 Å². The SMILES string of the molecule is COC(=O)CC1COc2cc(OCc3cccc(-c4c(C)cc(OCC5(C)CCN(S(C)(=O)=O)C5)cc4C)c3)ccc21. The summed E-state index contributed by atoms with van der Waals surface area (Å²) in [6, 6.07) is 18.2. The molecule has 1 saturated heterocycles. The maximum absolute atomic E-state index is 11.9. The first-order valence-corrected chi connectivity index (χ1v) is 16.0. The summed E-state index contributed by atoms with van der Waals surface area (Å²) >= 11 is 0. The van der Waals surface area contributed by atoms with Crippen molar-refractivity contribution >= 4 is 16.0 Å². The largest absolute Gasteiger partial charge is 0.493 e. The van der Waals surface area contributed by atoms with Gasteiger partial charge in [0.15, 0.2) is 0 Å². The van der Waals surface area contributed by atoms with Gasteiger partial charge in [-0.25, -0.2) is 12.7 Å². The van der Waals surface area contributed by atoms with E-state index in [2.05, 4.69) is 45.0 Å². The van der Waals surface area contributed by atoms with Crippen LogP contribution in [0.4, 0.5) is 0 Å². The number of ether oxygens (including phenoxy) is 4. The third-order valence-corrected chi connectivity index (χ3v) is 9.46. The van der Waals surface area contributed by atoms with Crippen molar-refractivity contribution in [3.05, 3.63) is 76.9 Å². The second kappa shape index (κ2) is 12.0. The van der Waals surface area contributed by atoms with E-state index in [4.69, 9.17) is 18.9 Å². The van der Waals surface area contributed by atoms with Crippen molar-refractivity contribution in [2.24, 2.45) is 5.41 Å². The van der Waals surface area contributed by atoms with E-state index in [0.717, 1.165) is 51.3 Å². The zero-order valence-corrected chi connectivity index (χ0v) is 25.8. The van der Waals surface area contributed by atoms with Crippen molar-refractivity contribution in [3.63, 3.8) is 0 Å². The van der Waals surface area contributed by atoms with Gasteiger partial charge in [0.05, 0.1) is 33.0 Å². The molecule has 0 N–H and O–H groups in total. The predicted molar refractivity (Wildman–Crippen MR) is 162 cm³/mol. The topological polar surface area (TPSA) is 91.4 Å². The molecule has 2 heterocycles. The molecule has 0 saturated carbocycles. The Morgan fingerprint density at radius 1 is 1.05 bits per heavy atom. The number of benzene rings is 3. The van der Waals surface area contributed by atoms with Gasteiger partial charge in [0.1, 0.15) is 23.9 Å². The van der Waals surface area contributed by atoms with Crippen LogP contribution in [-0.4, -0.2) is 58.4 Å². The number of rotatable bonds is 10. The first-order valence-electron chi connectivity index (χ1n) is 14.2. The minimum absolute atomic E-state index is 0.00232. The Kier molecular flexibility index (Phi) is 8.53. The normalized spacial score (nSPS) is 20.2. The molecule has 9 heteroatoms. The summed E-state index contributed by atoms with van der Waals surface area (Å²) in [5, 5.41) is 0. The first-order chi connectivity index (χ1) is 19.9. The highest BCUT2D eigenvalue weighted by Crippen LogP contribution is 2.39. The van der Waals surface area contributed by atoms with Crippen LogP contribution in [-0.2, 0) is 26.2 Å². The maximum Gasteiger partial charge on any atom is 0.306 e. The molecule has 3 aromatic carbocycles. The summed E-state index contributed by atoms with van der Waals surface area (Å²) in [7, 11) is -1.79. The molecule has 0 radical (unpaired) electrons. The highest BCUT2D eigenvalue weighted by atomic mass is 32.2. The van der Waals surface area contributed by atoms with Crippen molar-refractivity contribution in [1.29, 1.82) is 0 Å². The van der Waals surface area contributed by atoms with E-state index < -0.39 is 10.0 Å². The number of esters is 1. The van der Waals surface area contributed by atoms with E-state index in [9.17, 15) is 13.2 Å². The van der Waals surface area contributed by atoms with Crippen LogP contribution in [0.5, 0.6) is 17.2 Å². The second-order valence-corrected chi connectivity index (χ2v) is 13.8. The summed E-state index contributed by atoms with van der Waals surface area (Å²) in [5.41, 5.74) is 6.30. The average molecular weight is 594 g/mol. The van der Waals surface area contributed by atoms with Crippen LogP contribution in [0.25, 0.3) is 11.1 Å². The average Bonchev–Trinajstić information content (AvgIpc) is 3.54. The number of sulfonamides is 1. The van der Waals surface area contributed by atoms with Crippen LogP contribution in [0.15, 0.2) is 54.6 Å². The Morgan fingerprint density at radius 2 is 1.81 bits per heavy atom. The molecule has 2 aliphatic rings. The van der Waals surface area contributed by atoms with Crippen molar-refractivity contribution in [2.75, 3.05) is 39.7 Å². The fraction of sp³-hybridized carbons (Fsp3) is 0.424. The van der Waals surface area contributed by atoms with Crippen LogP contribution in [0, 0.1) is 19.3 Å². The monoisotopic (exact) mass is 593 g/mol. The number of fused-ring (bicyclic) bond motifs is 1. The zero-order valence-electron chi connectivity index (χ0n) is 24.9. The van der Waals surface area contributed by atoms with Crippen molar-refractivity contribution < 1.29 is 32.2 Å². The standard InChI is InChI=1S/C33H39NO7S/c1-22-13-28(41-21-33(3)11-12-34(20-33)42(5,36)37)14-23(2)32(22)25-8-6-7-24(15-25)18-39-27-9-10-29-26(16-31(35)38-4)19-40-30(29)17-27/h6-10,13-15,17,26H,11-12,16,18-21H2,1-5H3. The smallest absolute Gasteiger partial charge is 0.306 e. The summed E-state index contributed by atoms with van der Waals surface area (Å²) in [5.74, 6) is 2.00. The maximum atomic E-state index is 11.9. The Labute approximate surface area is 248 Å². The number of methoxy groups -OCH3 is 1. The van der Waals surface area contributed by atoms with Crippen LogP contribution in [0.3, 0.4) is 0 Å². The van der Waals surface area contributed by atoms with Crippen LogP contribution in [0.1, 0.15) is 47.9 Å². The van der Waals surface area contributed by atoms with Crippen LogP contribution < -0.4 is 14.2 Å². The Hall–Kier alpha value is -3.56. The number of hydrogen-bond acceptors (Lipinski definition) is 7. The molecule has 0 aliphatic carbocycles. The third kappa shape index (κ3) is 6.73. The third-order valence-electron chi connectivity index (χ3n) is 8.21. The van der Waals surface area contributed by atoms with Crippen molar-refractivity contribution in [2.45, 2.75) is 46.1 Å². The number of nitrogens with zero attached hydrogens (tertiary/aromatic N) is 1. The lowest BCUT2D eigenvalue weighted by Crippen LogP contribution is -2.33. The highest BCUT2D eigenvalue weighted by Gasteiger charge is 2.38. The molecule has 0 bridgehead atoms. The summed E-state index contributed by atoms with van der Waals surface area (Å²) < 4.78 is 48.3. The van der Waals surface area contributed by atoms with Gasteiger partial charge in [0.2, 0.25) is 10.0 Å². The minimum atomic E-state index is -3.19. The number of hydrogen-bond donors (Lipinski definition) is 0. The quantitative estimate of drug-likeness (QED) is 0.281. The van der Waals surface area contributed by atoms with Gasteiger partial charge < -0.3 is 18.9 Å². The lowest BCUT2D eigenvalue weighted by molar-refractivity contribution is -0.141. The molecule has 3 aromatic rings. The summed E-state index contributed by atoms with van der Waals surface area (Å²) in [6.07, 6.45) is 2.34. The van der Waals surface area contributed by atoms with Gasteiger partial charge in [-0.2, -0.15) is 0 Å². The lowest BCUT2D eigenvalue weighted by Gasteiger charge is -2.25. The molecule has 0 amide bonds. The lowest BCUT2D eigenvalue weighted by atomic mass is 9.91. The predicted octanol–water partition coefficient (Wildman–Crippen LogP) is 5.64.